The van der Waals surface area contributed by atoms with E-state index in [1.54, 1.807) is 37.6 Å². The van der Waals surface area contributed by atoms with Crippen molar-refractivity contribution in [2.24, 2.45) is 0 Å². The van der Waals surface area contributed by atoms with Crippen molar-refractivity contribution in [2.75, 3.05) is 19.0 Å². The van der Waals surface area contributed by atoms with Crippen LogP contribution in [0.25, 0.3) is 10.6 Å². The van der Waals surface area contributed by atoms with Gasteiger partial charge in [0.25, 0.3) is 5.91 Å². The molecule has 3 rings (SSSR count). The monoisotopic (exact) mass is 400 g/mol. The molecule has 144 valence electrons. The Kier molecular flexibility index (Phi) is 6.00. The number of nitrogens with zero attached hydrogens (tertiary/aromatic N) is 1. The zero-order valence-corrected chi connectivity index (χ0v) is 16.0. The minimum Gasteiger partial charge on any atom is -0.497 e. The highest BCUT2D eigenvalue weighted by Gasteiger charge is 2.16. The van der Waals surface area contributed by atoms with Gasteiger partial charge in [-0.2, -0.15) is 0 Å². The van der Waals surface area contributed by atoms with Gasteiger partial charge in [-0.1, -0.05) is 6.07 Å². The number of rotatable bonds is 6. The highest BCUT2D eigenvalue weighted by molar-refractivity contribution is 7.13. The SMILES string of the molecule is COc1ccc(-c2nc(C(=O)OCC(=O)Nc3ccc(C)cc3F)cs2)cc1. The summed E-state index contributed by atoms with van der Waals surface area (Å²) in [6, 6.07) is 11.7. The fraction of sp³-hybridized carbons (Fsp3) is 0.150. The first-order valence-corrected chi connectivity index (χ1v) is 9.17. The number of anilines is 1. The van der Waals surface area contributed by atoms with Gasteiger partial charge < -0.3 is 14.8 Å². The summed E-state index contributed by atoms with van der Waals surface area (Å²) >= 11 is 1.28. The molecule has 0 unspecified atom stereocenters. The molecule has 28 heavy (non-hydrogen) atoms. The van der Waals surface area contributed by atoms with Gasteiger partial charge in [-0.3, -0.25) is 4.79 Å². The van der Waals surface area contributed by atoms with Crippen molar-refractivity contribution in [1.82, 2.24) is 4.98 Å². The Hall–Kier alpha value is -3.26. The van der Waals surface area contributed by atoms with Gasteiger partial charge in [-0.15, -0.1) is 11.3 Å². The van der Waals surface area contributed by atoms with Gasteiger partial charge in [0, 0.05) is 10.9 Å². The molecule has 0 bridgehead atoms. The van der Waals surface area contributed by atoms with Crippen LogP contribution in [0.3, 0.4) is 0 Å². The number of benzene rings is 2. The molecule has 0 spiro atoms. The molecule has 0 aliphatic rings. The number of halogens is 1. The van der Waals surface area contributed by atoms with E-state index < -0.39 is 24.3 Å². The van der Waals surface area contributed by atoms with Gasteiger partial charge >= 0.3 is 5.97 Å². The molecule has 0 fully saturated rings. The predicted molar refractivity (Wildman–Crippen MR) is 104 cm³/mol. The molecule has 8 heteroatoms. The lowest BCUT2D eigenvalue weighted by atomic mass is 10.2. The number of carbonyl (C=O) groups is 2. The summed E-state index contributed by atoms with van der Waals surface area (Å²) in [5.74, 6) is -1.20. The highest BCUT2D eigenvalue weighted by atomic mass is 32.1. The molecule has 0 atom stereocenters. The Morgan fingerprint density at radius 1 is 1.18 bits per heavy atom. The van der Waals surface area contributed by atoms with Gasteiger partial charge in [-0.05, 0) is 48.9 Å². The van der Waals surface area contributed by atoms with Crippen LogP contribution >= 0.6 is 11.3 Å². The first-order chi connectivity index (χ1) is 13.5. The third kappa shape index (κ3) is 4.72. The summed E-state index contributed by atoms with van der Waals surface area (Å²) in [4.78, 5) is 28.2. The Labute approximate surface area is 164 Å². The quantitative estimate of drug-likeness (QED) is 0.632. The molecule has 1 N–H and O–H groups in total. The van der Waals surface area contributed by atoms with Gasteiger partial charge in [0.1, 0.15) is 16.6 Å². The predicted octanol–water partition coefficient (Wildman–Crippen LogP) is 4.06. The maximum Gasteiger partial charge on any atom is 0.358 e. The minimum absolute atomic E-state index is 0.0297. The Morgan fingerprint density at radius 3 is 2.61 bits per heavy atom. The molecule has 3 aromatic rings. The molecule has 0 aliphatic carbocycles. The van der Waals surface area contributed by atoms with E-state index in [1.807, 2.05) is 12.1 Å². The van der Waals surface area contributed by atoms with Crippen LogP contribution in [0, 0.1) is 12.7 Å². The number of aromatic nitrogens is 1. The number of hydrogen-bond donors (Lipinski definition) is 1. The zero-order chi connectivity index (χ0) is 20.1. The molecular formula is C20H17FN2O4S. The molecule has 1 heterocycles. The van der Waals surface area contributed by atoms with E-state index in [2.05, 4.69) is 10.3 Å². The third-order valence-corrected chi connectivity index (χ3v) is 4.67. The first-order valence-electron chi connectivity index (χ1n) is 8.29. The Balaban J connectivity index is 1.57. The number of ether oxygens (including phenoxy) is 2. The molecule has 0 radical (unpaired) electrons. The van der Waals surface area contributed by atoms with Crippen molar-refractivity contribution in [3.8, 4) is 16.3 Å². The van der Waals surface area contributed by atoms with E-state index in [9.17, 15) is 14.0 Å². The lowest BCUT2D eigenvalue weighted by molar-refractivity contribution is -0.119. The second-order valence-electron chi connectivity index (χ2n) is 5.87. The largest absolute Gasteiger partial charge is 0.497 e. The van der Waals surface area contributed by atoms with Gasteiger partial charge in [0.05, 0.1) is 12.8 Å². The first kappa shape index (κ1) is 19.5. The lowest BCUT2D eigenvalue weighted by Gasteiger charge is -2.07. The number of aryl methyl sites for hydroxylation is 1. The number of esters is 1. The van der Waals surface area contributed by atoms with Crippen molar-refractivity contribution in [2.45, 2.75) is 6.92 Å². The van der Waals surface area contributed by atoms with Crippen LogP contribution in [-0.2, 0) is 9.53 Å². The highest BCUT2D eigenvalue weighted by Crippen LogP contribution is 2.26. The fourth-order valence-electron chi connectivity index (χ4n) is 2.35. The van der Waals surface area contributed by atoms with Crippen LogP contribution in [0.4, 0.5) is 10.1 Å². The minimum atomic E-state index is -0.726. The molecule has 1 aromatic heterocycles. The molecule has 2 aromatic carbocycles. The topological polar surface area (TPSA) is 77.5 Å². The average Bonchev–Trinajstić information content (AvgIpc) is 3.19. The molecular weight excluding hydrogens is 383 g/mol. The molecule has 0 saturated heterocycles. The fourth-order valence-corrected chi connectivity index (χ4v) is 3.14. The Bertz CT molecular complexity index is 1000. The molecule has 0 aliphatic heterocycles. The second-order valence-corrected chi connectivity index (χ2v) is 6.73. The van der Waals surface area contributed by atoms with Crippen LogP contribution in [0.5, 0.6) is 5.75 Å². The Morgan fingerprint density at radius 2 is 1.93 bits per heavy atom. The summed E-state index contributed by atoms with van der Waals surface area (Å²) in [7, 11) is 1.58. The van der Waals surface area contributed by atoms with Gasteiger partial charge in [-0.25, -0.2) is 14.2 Å². The smallest absolute Gasteiger partial charge is 0.358 e. The van der Waals surface area contributed by atoms with E-state index in [4.69, 9.17) is 9.47 Å². The van der Waals surface area contributed by atoms with Crippen LogP contribution < -0.4 is 10.1 Å². The summed E-state index contributed by atoms with van der Waals surface area (Å²) in [5.41, 5.74) is 1.70. The van der Waals surface area contributed by atoms with Crippen molar-refractivity contribution >= 4 is 28.9 Å². The average molecular weight is 400 g/mol. The summed E-state index contributed by atoms with van der Waals surface area (Å²) in [6.45, 7) is 1.20. The molecule has 0 saturated carbocycles. The standard InChI is InChI=1S/C20H17FN2O4S/c1-12-3-8-16(15(21)9-12)22-18(24)10-27-20(25)17-11-28-19(23-17)13-4-6-14(26-2)7-5-13/h3-9,11H,10H2,1-2H3,(H,22,24). The van der Waals surface area contributed by atoms with Crippen molar-refractivity contribution in [1.29, 1.82) is 0 Å². The molecule has 1 amide bonds. The van der Waals surface area contributed by atoms with E-state index in [1.165, 1.54) is 23.5 Å². The normalized spacial score (nSPS) is 10.4. The van der Waals surface area contributed by atoms with E-state index in [0.717, 1.165) is 16.9 Å². The number of hydrogen-bond acceptors (Lipinski definition) is 6. The number of nitrogens with one attached hydrogen (secondary N) is 1. The number of carbonyl (C=O) groups excluding carboxylic acids is 2. The number of thiazole rings is 1. The summed E-state index contributed by atoms with van der Waals surface area (Å²) in [6.07, 6.45) is 0. The van der Waals surface area contributed by atoms with Crippen molar-refractivity contribution in [3.63, 3.8) is 0 Å². The van der Waals surface area contributed by atoms with E-state index in [-0.39, 0.29) is 11.4 Å². The van der Waals surface area contributed by atoms with Gasteiger partial charge in [0.15, 0.2) is 12.3 Å². The van der Waals surface area contributed by atoms with E-state index >= 15 is 0 Å². The maximum absolute atomic E-state index is 13.7. The van der Waals surface area contributed by atoms with Gasteiger partial charge in [0.2, 0.25) is 0 Å². The number of methoxy groups -OCH3 is 1. The van der Waals surface area contributed by atoms with Crippen molar-refractivity contribution in [3.05, 3.63) is 64.9 Å². The van der Waals surface area contributed by atoms with Crippen LogP contribution in [0.2, 0.25) is 0 Å². The lowest BCUT2D eigenvalue weighted by Crippen LogP contribution is -2.21. The second kappa shape index (κ2) is 8.62. The number of amides is 1. The summed E-state index contributed by atoms with van der Waals surface area (Å²) in [5, 5.41) is 4.56. The van der Waals surface area contributed by atoms with Crippen LogP contribution in [-0.4, -0.2) is 30.6 Å². The van der Waals surface area contributed by atoms with Crippen LogP contribution in [0.15, 0.2) is 47.8 Å². The summed E-state index contributed by atoms with van der Waals surface area (Å²) < 4.78 is 23.8. The van der Waals surface area contributed by atoms with E-state index in [0.29, 0.717) is 5.01 Å². The zero-order valence-electron chi connectivity index (χ0n) is 15.2. The molecule has 6 nitrogen and oxygen atoms in total. The van der Waals surface area contributed by atoms with Crippen molar-refractivity contribution < 1.29 is 23.5 Å². The maximum atomic E-state index is 13.7. The van der Waals surface area contributed by atoms with Crippen LogP contribution in [0.1, 0.15) is 16.1 Å². The third-order valence-electron chi connectivity index (χ3n) is 3.78.